The molecule has 7 nitrogen and oxygen atoms in total. The summed E-state index contributed by atoms with van der Waals surface area (Å²) in [4.78, 5) is 25.6. The third kappa shape index (κ3) is 5.17. The first kappa shape index (κ1) is 22.8. The smallest absolute Gasteiger partial charge is 0.276 e. The SMILES string of the molecule is COc1cc(C=C2NC(=S)N(C3CCCCC3)C2=O)ccc1OCc1ccc(C(=O)[O-])cc1. The molecule has 0 spiro atoms. The standard InChI is InChI=1S/C25H26N2O5S/c1-31-22-14-17(9-12-21(22)32-15-16-7-10-18(11-8-16)24(29)30)13-20-23(28)27(25(33)26-20)19-5-3-2-4-6-19/h7-14,19H,2-6,15H2,1H3,(H,26,33)(H,29,30)/p-1. The van der Waals surface area contributed by atoms with Gasteiger partial charge in [-0.2, -0.15) is 0 Å². The molecule has 1 heterocycles. The van der Waals surface area contributed by atoms with Gasteiger partial charge in [-0.3, -0.25) is 9.69 Å². The van der Waals surface area contributed by atoms with Crippen molar-refractivity contribution in [3.05, 3.63) is 64.9 Å². The molecule has 2 aromatic carbocycles. The molecule has 0 aromatic heterocycles. The van der Waals surface area contributed by atoms with Gasteiger partial charge >= 0.3 is 0 Å². The van der Waals surface area contributed by atoms with Gasteiger partial charge in [0.25, 0.3) is 5.91 Å². The number of nitrogens with one attached hydrogen (secondary N) is 1. The van der Waals surface area contributed by atoms with Crippen LogP contribution in [0.5, 0.6) is 11.5 Å². The van der Waals surface area contributed by atoms with E-state index in [2.05, 4.69) is 5.32 Å². The molecule has 1 amide bonds. The highest BCUT2D eigenvalue weighted by atomic mass is 32.1. The van der Waals surface area contributed by atoms with Crippen LogP contribution in [0.3, 0.4) is 0 Å². The lowest BCUT2D eigenvalue weighted by Gasteiger charge is -2.29. The van der Waals surface area contributed by atoms with Gasteiger partial charge in [0.1, 0.15) is 12.3 Å². The number of rotatable bonds is 7. The number of ether oxygens (including phenoxy) is 2. The molecule has 33 heavy (non-hydrogen) atoms. The number of benzene rings is 2. The van der Waals surface area contributed by atoms with Crippen molar-refractivity contribution in [2.24, 2.45) is 0 Å². The summed E-state index contributed by atoms with van der Waals surface area (Å²) in [6, 6.07) is 11.9. The molecule has 0 unspecified atom stereocenters. The van der Waals surface area contributed by atoms with Crippen LogP contribution in [0.25, 0.3) is 6.08 Å². The molecule has 0 bridgehead atoms. The zero-order valence-corrected chi connectivity index (χ0v) is 19.2. The molecule has 8 heteroatoms. The Morgan fingerprint density at radius 3 is 2.55 bits per heavy atom. The maximum absolute atomic E-state index is 13.0. The second-order valence-corrected chi connectivity index (χ2v) is 8.53. The Balaban J connectivity index is 1.46. The molecule has 2 fully saturated rings. The van der Waals surface area contributed by atoms with Crippen molar-refractivity contribution in [3.8, 4) is 11.5 Å². The van der Waals surface area contributed by atoms with Gasteiger partial charge in [0, 0.05) is 6.04 Å². The maximum Gasteiger partial charge on any atom is 0.276 e. The van der Waals surface area contributed by atoms with Crippen LogP contribution in [0, 0.1) is 0 Å². The van der Waals surface area contributed by atoms with Crippen LogP contribution in [-0.2, 0) is 11.4 Å². The number of carbonyl (C=O) groups is 2. The normalized spacial score (nSPS) is 17.8. The Morgan fingerprint density at radius 2 is 1.88 bits per heavy atom. The van der Waals surface area contributed by atoms with E-state index >= 15 is 0 Å². The van der Waals surface area contributed by atoms with E-state index in [4.69, 9.17) is 21.7 Å². The lowest BCUT2D eigenvalue weighted by atomic mass is 9.94. The maximum atomic E-state index is 13.0. The summed E-state index contributed by atoms with van der Waals surface area (Å²) in [5.41, 5.74) is 2.16. The van der Waals surface area contributed by atoms with Crippen molar-refractivity contribution in [1.29, 1.82) is 0 Å². The summed E-state index contributed by atoms with van der Waals surface area (Å²) in [6.45, 7) is 0.245. The Morgan fingerprint density at radius 1 is 1.15 bits per heavy atom. The second-order valence-electron chi connectivity index (χ2n) is 8.14. The number of carboxylic acids is 1. The van der Waals surface area contributed by atoms with E-state index in [1.54, 1.807) is 42.4 Å². The largest absolute Gasteiger partial charge is 0.545 e. The predicted molar refractivity (Wildman–Crippen MR) is 126 cm³/mol. The van der Waals surface area contributed by atoms with Gasteiger partial charge in [0.05, 0.1) is 13.1 Å². The van der Waals surface area contributed by atoms with Crippen LogP contribution >= 0.6 is 12.2 Å². The Hall–Kier alpha value is -3.39. The summed E-state index contributed by atoms with van der Waals surface area (Å²) < 4.78 is 11.3. The zero-order valence-electron chi connectivity index (χ0n) is 18.3. The first-order chi connectivity index (χ1) is 16.0. The molecule has 0 radical (unpaired) electrons. The van der Waals surface area contributed by atoms with Gasteiger partial charge in [-0.15, -0.1) is 0 Å². The third-order valence-corrected chi connectivity index (χ3v) is 6.23. The van der Waals surface area contributed by atoms with Crippen LogP contribution < -0.4 is 19.9 Å². The molecule has 172 valence electrons. The second kappa shape index (κ2) is 10.0. The lowest BCUT2D eigenvalue weighted by Crippen LogP contribution is -2.41. The van der Waals surface area contributed by atoms with Crippen molar-refractivity contribution in [3.63, 3.8) is 0 Å². The van der Waals surface area contributed by atoms with Gasteiger partial charge in [0.15, 0.2) is 16.6 Å². The highest BCUT2D eigenvalue weighted by molar-refractivity contribution is 7.80. The number of amides is 1. The molecule has 1 saturated heterocycles. The molecule has 4 rings (SSSR count). The highest BCUT2D eigenvalue weighted by Crippen LogP contribution is 2.31. The fraction of sp³-hybridized carbons (Fsp3) is 0.320. The topological polar surface area (TPSA) is 90.9 Å². The molecule has 1 saturated carbocycles. The third-order valence-electron chi connectivity index (χ3n) is 5.93. The summed E-state index contributed by atoms with van der Waals surface area (Å²) in [5, 5.41) is 14.4. The van der Waals surface area contributed by atoms with Crippen LogP contribution in [0.4, 0.5) is 0 Å². The van der Waals surface area contributed by atoms with Gasteiger partial charge in [-0.25, -0.2) is 0 Å². The van der Waals surface area contributed by atoms with Crippen molar-refractivity contribution in [2.75, 3.05) is 7.11 Å². The number of hydrogen-bond acceptors (Lipinski definition) is 6. The van der Waals surface area contributed by atoms with Crippen LogP contribution in [0.2, 0.25) is 0 Å². The van der Waals surface area contributed by atoms with E-state index in [0.29, 0.717) is 22.3 Å². The molecule has 1 N–H and O–H groups in total. The quantitative estimate of drug-likeness (QED) is 0.496. The molecule has 1 aliphatic carbocycles. The molecule has 2 aromatic rings. The fourth-order valence-electron chi connectivity index (χ4n) is 4.18. The van der Waals surface area contributed by atoms with E-state index in [-0.39, 0.29) is 24.1 Å². The van der Waals surface area contributed by atoms with Crippen molar-refractivity contribution >= 4 is 35.3 Å². The lowest BCUT2D eigenvalue weighted by molar-refractivity contribution is -0.255. The van der Waals surface area contributed by atoms with Gasteiger partial charge in [-0.05, 0) is 60.0 Å². The van der Waals surface area contributed by atoms with Gasteiger partial charge in [-0.1, -0.05) is 49.6 Å². The van der Waals surface area contributed by atoms with Crippen LogP contribution in [-0.4, -0.2) is 35.0 Å². The summed E-state index contributed by atoms with van der Waals surface area (Å²) >= 11 is 5.44. The van der Waals surface area contributed by atoms with Gasteiger partial charge in [0.2, 0.25) is 0 Å². The van der Waals surface area contributed by atoms with Crippen molar-refractivity contribution in [2.45, 2.75) is 44.8 Å². The van der Waals surface area contributed by atoms with Crippen molar-refractivity contribution < 1.29 is 24.2 Å². The minimum absolute atomic E-state index is 0.0915. The first-order valence-electron chi connectivity index (χ1n) is 10.9. The number of hydrogen-bond donors (Lipinski definition) is 1. The van der Waals surface area contributed by atoms with E-state index in [1.807, 2.05) is 6.07 Å². The predicted octanol–water partition coefficient (Wildman–Crippen LogP) is 3.03. The van der Waals surface area contributed by atoms with E-state index in [9.17, 15) is 14.7 Å². The monoisotopic (exact) mass is 465 g/mol. The first-order valence-corrected chi connectivity index (χ1v) is 11.3. The highest BCUT2D eigenvalue weighted by Gasteiger charge is 2.36. The number of nitrogens with zero attached hydrogens (tertiary/aromatic N) is 1. The molecular weight excluding hydrogens is 440 g/mol. The number of carboxylic acid groups (broad SMARTS) is 1. The molecule has 0 atom stereocenters. The van der Waals surface area contributed by atoms with E-state index in [1.165, 1.54) is 18.6 Å². The Kier molecular flexibility index (Phi) is 6.93. The average molecular weight is 466 g/mol. The summed E-state index contributed by atoms with van der Waals surface area (Å²) in [6.07, 6.45) is 7.18. The average Bonchev–Trinajstić information content (AvgIpc) is 3.11. The Labute approximate surface area is 198 Å². The Bertz CT molecular complexity index is 1090. The number of carbonyl (C=O) groups excluding carboxylic acids is 2. The van der Waals surface area contributed by atoms with Crippen molar-refractivity contribution in [1.82, 2.24) is 10.2 Å². The number of thiocarbonyl (C=S) groups is 1. The zero-order chi connectivity index (χ0) is 23.4. The number of aromatic carboxylic acids is 1. The van der Waals surface area contributed by atoms with Gasteiger partial charge < -0.3 is 24.7 Å². The number of methoxy groups -OCH3 is 1. The molecule has 2 aliphatic rings. The van der Waals surface area contributed by atoms with Crippen LogP contribution in [0.15, 0.2) is 48.2 Å². The molecule has 1 aliphatic heterocycles. The summed E-state index contributed by atoms with van der Waals surface area (Å²) in [5.74, 6) is -0.251. The minimum Gasteiger partial charge on any atom is -0.545 e. The molecular formula is C25H25N2O5S-. The summed E-state index contributed by atoms with van der Waals surface area (Å²) in [7, 11) is 1.55. The van der Waals surface area contributed by atoms with E-state index < -0.39 is 5.97 Å². The van der Waals surface area contributed by atoms with E-state index in [0.717, 1.165) is 36.8 Å². The van der Waals surface area contributed by atoms with Crippen LogP contribution in [0.1, 0.15) is 53.6 Å². The fourth-order valence-corrected chi connectivity index (χ4v) is 4.52. The minimum atomic E-state index is -1.22.